The van der Waals surface area contributed by atoms with Gasteiger partial charge in [-0.05, 0) is 43.8 Å². The Morgan fingerprint density at radius 2 is 1.97 bits per heavy atom. The standard InChI is InChI=1S/C24H29N3O4S/c1-17(12-25-24(28)21-9-6-10-22(29-3)23(21)30-4)31-20-8-5-7-18(11-20)13-27(2)14-19-15-32-16-26-19/h5-11,15-17H,12-14H2,1-4H3,(H,25,28)/t17-/m0/s1. The minimum atomic E-state index is -0.242. The number of para-hydroxylation sites is 1. The summed E-state index contributed by atoms with van der Waals surface area (Å²) >= 11 is 1.61. The van der Waals surface area contributed by atoms with Crippen molar-refractivity contribution in [2.24, 2.45) is 0 Å². The summed E-state index contributed by atoms with van der Waals surface area (Å²) in [5.74, 6) is 1.45. The van der Waals surface area contributed by atoms with E-state index in [4.69, 9.17) is 14.2 Å². The number of carbonyl (C=O) groups is 1. The Bertz CT molecular complexity index is 1010. The lowest BCUT2D eigenvalue weighted by Crippen LogP contribution is -2.33. The summed E-state index contributed by atoms with van der Waals surface area (Å²) in [6.07, 6.45) is -0.210. The second-order valence-electron chi connectivity index (χ2n) is 7.48. The summed E-state index contributed by atoms with van der Waals surface area (Å²) in [5.41, 5.74) is 4.49. The Labute approximate surface area is 193 Å². The molecule has 0 saturated heterocycles. The van der Waals surface area contributed by atoms with Crippen LogP contribution in [0.15, 0.2) is 53.4 Å². The van der Waals surface area contributed by atoms with Crippen LogP contribution in [0.3, 0.4) is 0 Å². The van der Waals surface area contributed by atoms with Crippen molar-refractivity contribution in [3.8, 4) is 17.2 Å². The highest BCUT2D eigenvalue weighted by Gasteiger charge is 2.17. The number of aromatic nitrogens is 1. The summed E-state index contributed by atoms with van der Waals surface area (Å²) in [6.45, 7) is 3.86. The van der Waals surface area contributed by atoms with E-state index in [1.165, 1.54) is 7.11 Å². The molecule has 0 aliphatic carbocycles. The maximum absolute atomic E-state index is 12.6. The Kier molecular flexibility index (Phi) is 8.47. The summed E-state index contributed by atoms with van der Waals surface area (Å²) < 4.78 is 16.6. The number of amides is 1. The third kappa shape index (κ3) is 6.45. The lowest BCUT2D eigenvalue weighted by atomic mass is 10.1. The van der Waals surface area contributed by atoms with Gasteiger partial charge >= 0.3 is 0 Å². The van der Waals surface area contributed by atoms with E-state index in [0.717, 1.165) is 30.1 Å². The number of thiazole rings is 1. The predicted molar refractivity (Wildman–Crippen MR) is 126 cm³/mol. The van der Waals surface area contributed by atoms with Crippen LogP contribution < -0.4 is 19.5 Å². The topological polar surface area (TPSA) is 72.9 Å². The summed E-state index contributed by atoms with van der Waals surface area (Å²) in [4.78, 5) is 19.2. The zero-order chi connectivity index (χ0) is 22.9. The molecule has 0 unspecified atom stereocenters. The zero-order valence-electron chi connectivity index (χ0n) is 18.8. The number of nitrogens with one attached hydrogen (secondary N) is 1. The lowest BCUT2D eigenvalue weighted by Gasteiger charge is -2.19. The van der Waals surface area contributed by atoms with Crippen LogP contribution in [0.25, 0.3) is 0 Å². The summed E-state index contributed by atoms with van der Waals surface area (Å²) in [7, 11) is 5.12. The first-order valence-electron chi connectivity index (χ1n) is 10.3. The van der Waals surface area contributed by atoms with Crippen molar-refractivity contribution in [3.63, 3.8) is 0 Å². The highest BCUT2D eigenvalue weighted by molar-refractivity contribution is 7.07. The van der Waals surface area contributed by atoms with Crippen molar-refractivity contribution in [1.82, 2.24) is 15.2 Å². The van der Waals surface area contributed by atoms with Crippen LogP contribution in [0.2, 0.25) is 0 Å². The molecule has 1 atom stereocenters. The smallest absolute Gasteiger partial charge is 0.255 e. The zero-order valence-corrected chi connectivity index (χ0v) is 19.6. The van der Waals surface area contributed by atoms with Gasteiger partial charge in [0.05, 0.1) is 37.5 Å². The average molecular weight is 456 g/mol. The number of hydrogen-bond donors (Lipinski definition) is 1. The highest BCUT2D eigenvalue weighted by atomic mass is 32.1. The third-order valence-corrected chi connectivity index (χ3v) is 5.44. The molecule has 0 aliphatic heterocycles. The number of benzene rings is 2. The van der Waals surface area contributed by atoms with E-state index < -0.39 is 0 Å². The molecule has 0 saturated carbocycles. The second kappa shape index (κ2) is 11.5. The van der Waals surface area contributed by atoms with Crippen molar-refractivity contribution in [1.29, 1.82) is 0 Å². The molecule has 0 bridgehead atoms. The Hall–Kier alpha value is -3.10. The second-order valence-corrected chi connectivity index (χ2v) is 8.20. The summed E-state index contributed by atoms with van der Waals surface area (Å²) in [6, 6.07) is 13.2. The fourth-order valence-corrected chi connectivity index (χ4v) is 3.90. The number of carbonyl (C=O) groups excluding carboxylic acids is 1. The molecule has 0 spiro atoms. The first-order valence-corrected chi connectivity index (χ1v) is 11.2. The predicted octanol–water partition coefficient (Wildman–Crippen LogP) is 3.99. The maximum atomic E-state index is 12.6. The molecule has 0 radical (unpaired) electrons. The van der Waals surface area contributed by atoms with Crippen molar-refractivity contribution >= 4 is 17.2 Å². The van der Waals surface area contributed by atoms with E-state index in [9.17, 15) is 4.79 Å². The van der Waals surface area contributed by atoms with Crippen molar-refractivity contribution in [3.05, 3.63) is 70.2 Å². The molecular formula is C24H29N3O4S. The van der Waals surface area contributed by atoms with E-state index in [-0.39, 0.29) is 12.0 Å². The molecule has 3 aromatic rings. The number of rotatable bonds is 11. The molecule has 8 heteroatoms. The van der Waals surface area contributed by atoms with Crippen molar-refractivity contribution in [2.45, 2.75) is 26.1 Å². The number of hydrogen-bond acceptors (Lipinski definition) is 7. The molecule has 1 N–H and O–H groups in total. The van der Waals surface area contributed by atoms with Crippen molar-refractivity contribution in [2.75, 3.05) is 27.8 Å². The highest BCUT2D eigenvalue weighted by Crippen LogP contribution is 2.30. The van der Waals surface area contributed by atoms with Gasteiger partial charge in [0, 0.05) is 18.5 Å². The first kappa shape index (κ1) is 23.6. The van der Waals surface area contributed by atoms with Crippen molar-refractivity contribution < 1.29 is 19.0 Å². The van der Waals surface area contributed by atoms with Gasteiger partial charge in [0.2, 0.25) is 0 Å². The lowest BCUT2D eigenvalue weighted by molar-refractivity contribution is 0.0928. The van der Waals surface area contributed by atoms with Crippen LogP contribution in [0.4, 0.5) is 0 Å². The van der Waals surface area contributed by atoms with Crippen LogP contribution in [0.1, 0.15) is 28.5 Å². The minimum absolute atomic E-state index is 0.210. The average Bonchev–Trinajstić information content (AvgIpc) is 3.29. The molecule has 1 aromatic heterocycles. The quantitative estimate of drug-likeness (QED) is 0.471. The largest absolute Gasteiger partial charge is 0.493 e. The third-order valence-electron chi connectivity index (χ3n) is 4.80. The Balaban J connectivity index is 1.53. The molecule has 32 heavy (non-hydrogen) atoms. The van der Waals surface area contributed by atoms with Crippen LogP contribution in [0.5, 0.6) is 17.2 Å². The van der Waals surface area contributed by atoms with E-state index in [1.807, 2.05) is 30.6 Å². The van der Waals surface area contributed by atoms with E-state index in [0.29, 0.717) is 23.6 Å². The van der Waals surface area contributed by atoms with Gasteiger partial charge in [-0.1, -0.05) is 18.2 Å². The van der Waals surface area contributed by atoms with Gasteiger partial charge < -0.3 is 19.5 Å². The Morgan fingerprint density at radius 3 is 2.69 bits per heavy atom. The molecule has 0 aliphatic rings. The van der Waals surface area contributed by atoms with E-state index >= 15 is 0 Å². The van der Waals surface area contributed by atoms with Gasteiger partial charge in [-0.15, -0.1) is 11.3 Å². The van der Waals surface area contributed by atoms with Gasteiger partial charge in [0.25, 0.3) is 5.91 Å². The SMILES string of the molecule is COc1cccc(C(=O)NC[C@H](C)Oc2cccc(CN(C)Cc3cscn3)c2)c1OC. The van der Waals surface area contributed by atoms with Crippen LogP contribution >= 0.6 is 11.3 Å². The molecule has 2 aromatic carbocycles. The van der Waals surface area contributed by atoms with Crippen LogP contribution in [0, 0.1) is 0 Å². The van der Waals surface area contributed by atoms with E-state index in [1.54, 1.807) is 36.6 Å². The van der Waals surface area contributed by atoms with Gasteiger partial charge in [0.1, 0.15) is 11.9 Å². The molecule has 1 amide bonds. The number of nitrogens with zero attached hydrogens (tertiary/aromatic N) is 2. The monoisotopic (exact) mass is 455 g/mol. The van der Waals surface area contributed by atoms with Gasteiger partial charge in [-0.25, -0.2) is 4.98 Å². The number of ether oxygens (including phenoxy) is 3. The number of methoxy groups -OCH3 is 2. The Morgan fingerprint density at radius 1 is 1.16 bits per heavy atom. The molecule has 170 valence electrons. The molecule has 1 heterocycles. The van der Waals surface area contributed by atoms with Crippen LogP contribution in [-0.4, -0.2) is 49.7 Å². The first-order chi connectivity index (χ1) is 15.5. The molecule has 7 nitrogen and oxygen atoms in total. The molecule has 3 rings (SSSR count). The van der Waals surface area contributed by atoms with Gasteiger partial charge in [0.15, 0.2) is 11.5 Å². The minimum Gasteiger partial charge on any atom is -0.493 e. The van der Waals surface area contributed by atoms with Crippen LogP contribution in [-0.2, 0) is 13.1 Å². The normalized spacial score (nSPS) is 11.8. The molecular weight excluding hydrogens is 426 g/mol. The maximum Gasteiger partial charge on any atom is 0.255 e. The molecule has 0 fully saturated rings. The van der Waals surface area contributed by atoms with Gasteiger partial charge in [-0.3, -0.25) is 9.69 Å². The summed E-state index contributed by atoms with van der Waals surface area (Å²) in [5, 5.41) is 4.97. The van der Waals surface area contributed by atoms with E-state index in [2.05, 4.69) is 33.7 Å². The fraction of sp³-hybridized carbons (Fsp3) is 0.333. The van der Waals surface area contributed by atoms with Gasteiger partial charge in [-0.2, -0.15) is 0 Å². The fourth-order valence-electron chi connectivity index (χ4n) is 3.35.